The number of alkyl halides is 3. The highest BCUT2D eigenvalue weighted by atomic mass is 19.4. The van der Waals surface area contributed by atoms with Crippen molar-refractivity contribution in [2.24, 2.45) is 0 Å². The van der Waals surface area contributed by atoms with E-state index in [1.165, 1.54) is 19.4 Å². The predicted octanol–water partition coefficient (Wildman–Crippen LogP) is 2.20. The van der Waals surface area contributed by atoms with Crippen molar-refractivity contribution in [2.75, 3.05) is 7.11 Å². The summed E-state index contributed by atoms with van der Waals surface area (Å²) in [6.45, 7) is 0.854. The van der Waals surface area contributed by atoms with Crippen molar-refractivity contribution in [2.45, 2.75) is 19.2 Å². The van der Waals surface area contributed by atoms with Gasteiger partial charge in [-0.1, -0.05) is 0 Å². The smallest absolute Gasteiger partial charge is 0.425 e. The van der Waals surface area contributed by atoms with Gasteiger partial charge in [0, 0.05) is 12.3 Å². The summed E-state index contributed by atoms with van der Waals surface area (Å²) in [7, 11) is 1.17. The van der Waals surface area contributed by atoms with Crippen molar-refractivity contribution in [3.63, 3.8) is 0 Å². The Balaban J connectivity index is 2.83. The van der Waals surface area contributed by atoms with Crippen molar-refractivity contribution >= 4 is 5.97 Å². The summed E-state index contributed by atoms with van der Waals surface area (Å²) in [4.78, 5) is 14.7. The number of hydrogen-bond acceptors (Lipinski definition) is 4. The highest BCUT2D eigenvalue weighted by Gasteiger charge is 2.38. The fourth-order valence-corrected chi connectivity index (χ4v) is 0.967. The molecule has 0 fully saturated rings. The van der Waals surface area contributed by atoms with Gasteiger partial charge in [0.2, 0.25) is 5.88 Å². The van der Waals surface area contributed by atoms with Gasteiger partial charge < -0.3 is 9.47 Å². The van der Waals surface area contributed by atoms with E-state index >= 15 is 0 Å². The Morgan fingerprint density at radius 3 is 2.65 bits per heavy atom. The number of nitrogens with zero attached hydrogens (tertiary/aromatic N) is 1. The van der Waals surface area contributed by atoms with Gasteiger partial charge in [-0.25, -0.2) is 9.78 Å². The highest BCUT2D eigenvalue weighted by Crippen LogP contribution is 2.24. The number of pyridine rings is 1. The third kappa shape index (κ3) is 3.61. The van der Waals surface area contributed by atoms with E-state index < -0.39 is 18.2 Å². The van der Waals surface area contributed by atoms with E-state index in [4.69, 9.17) is 0 Å². The summed E-state index contributed by atoms with van der Waals surface area (Å²) < 4.78 is 45.6. The van der Waals surface area contributed by atoms with Gasteiger partial charge in [-0.15, -0.1) is 0 Å². The zero-order valence-corrected chi connectivity index (χ0v) is 9.12. The first kappa shape index (κ1) is 13.3. The fraction of sp³-hybridized carbons (Fsp3) is 0.400. The first-order valence-electron chi connectivity index (χ1n) is 4.62. The van der Waals surface area contributed by atoms with E-state index in [-0.39, 0.29) is 11.4 Å². The van der Waals surface area contributed by atoms with Crippen LogP contribution in [-0.4, -0.2) is 30.3 Å². The Bertz CT molecular complexity index is 406. The number of aromatic nitrogens is 1. The van der Waals surface area contributed by atoms with Crippen LogP contribution in [0.1, 0.15) is 17.3 Å². The third-order valence-corrected chi connectivity index (χ3v) is 1.91. The fourth-order valence-electron chi connectivity index (χ4n) is 0.967. The largest absolute Gasteiger partial charge is 0.465 e. The van der Waals surface area contributed by atoms with Gasteiger partial charge in [-0.3, -0.25) is 0 Å². The highest BCUT2D eigenvalue weighted by molar-refractivity contribution is 5.89. The first-order chi connectivity index (χ1) is 7.84. The molecule has 17 heavy (non-hydrogen) atoms. The topological polar surface area (TPSA) is 48.4 Å². The Morgan fingerprint density at radius 1 is 1.47 bits per heavy atom. The van der Waals surface area contributed by atoms with Crippen LogP contribution < -0.4 is 4.74 Å². The zero-order chi connectivity index (χ0) is 13.1. The van der Waals surface area contributed by atoms with Gasteiger partial charge in [-0.2, -0.15) is 13.2 Å². The zero-order valence-electron chi connectivity index (χ0n) is 9.12. The molecule has 0 amide bonds. The number of ether oxygens (including phenoxy) is 2. The summed E-state index contributed by atoms with van der Waals surface area (Å²) in [6.07, 6.45) is -5.31. The number of halogens is 3. The molecule has 0 aliphatic carbocycles. The molecule has 1 aromatic rings. The van der Waals surface area contributed by atoms with Gasteiger partial charge in [-0.05, 0) is 13.0 Å². The molecule has 1 unspecified atom stereocenters. The lowest BCUT2D eigenvalue weighted by Crippen LogP contribution is -2.31. The summed E-state index contributed by atoms with van der Waals surface area (Å²) in [5.74, 6) is -0.949. The lowest BCUT2D eigenvalue weighted by atomic mass is 10.3. The number of carbonyl (C=O) groups excluding carboxylic acids is 1. The maximum Gasteiger partial charge on any atom is 0.425 e. The van der Waals surface area contributed by atoms with Crippen LogP contribution in [0.4, 0.5) is 13.2 Å². The van der Waals surface area contributed by atoms with Crippen LogP contribution in [0.25, 0.3) is 0 Å². The Labute approximate surface area is 95.4 Å². The van der Waals surface area contributed by atoms with Crippen LogP contribution in [0.3, 0.4) is 0 Å². The van der Waals surface area contributed by atoms with Gasteiger partial charge in [0.1, 0.15) is 0 Å². The number of hydrogen-bond donors (Lipinski definition) is 0. The van der Waals surface area contributed by atoms with E-state index in [0.717, 1.165) is 13.0 Å². The maximum atomic E-state index is 12.2. The standard InChI is InChI=1S/C10H10F3NO3/c1-6(10(11,12)13)17-8-5-7(3-4-14-8)9(15)16-2/h3-6H,1-2H3. The molecule has 94 valence electrons. The second-order valence-corrected chi connectivity index (χ2v) is 3.18. The minimum Gasteiger partial charge on any atom is -0.465 e. The summed E-state index contributed by atoms with van der Waals surface area (Å²) in [6, 6.07) is 2.41. The van der Waals surface area contributed by atoms with E-state index in [1.807, 2.05) is 0 Å². The van der Waals surface area contributed by atoms with E-state index in [0.29, 0.717) is 0 Å². The molecular formula is C10H10F3NO3. The second-order valence-electron chi connectivity index (χ2n) is 3.18. The lowest BCUT2D eigenvalue weighted by molar-refractivity contribution is -0.189. The molecule has 4 nitrogen and oxygen atoms in total. The number of methoxy groups -OCH3 is 1. The summed E-state index contributed by atoms with van der Waals surface area (Å²) in [5.41, 5.74) is 0.0758. The molecule has 1 heterocycles. The molecule has 0 N–H and O–H groups in total. The normalized spacial score (nSPS) is 13.0. The first-order valence-corrected chi connectivity index (χ1v) is 4.62. The lowest BCUT2D eigenvalue weighted by Gasteiger charge is -2.16. The molecule has 0 saturated heterocycles. The van der Waals surface area contributed by atoms with Gasteiger partial charge in [0.05, 0.1) is 12.7 Å². The second kappa shape index (κ2) is 5.03. The van der Waals surface area contributed by atoms with Crippen LogP contribution in [0.2, 0.25) is 0 Å². The third-order valence-electron chi connectivity index (χ3n) is 1.91. The average molecular weight is 249 g/mol. The Morgan fingerprint density at radius 2 is 2.12 bits per heavy atom. The summed E-state index contributed by atoms with van der Waals surface area (Å²) in [5, 5.41) is 0. The average Bonchev–Trinajstić information content (AvgIpc) is 2.27. The van der Waals surface area contributed by atoms with Crippen LogP contribution in [0.15, 0.2) is 18.3 Å². The monoisotopic (exact) mass is 249 g/mol. The van der Waals surface area contributed by atoms with Crippen LogP contribution in [0, 0.1) is 0 Å². The molecule has 0 aromatic carbocycles. The van der Waals surface area contributed by atoms with Gasteiger partial charge in [0.15, 0.2) is 6.10 Å². The molecule has 0 aliphatic rings. The molecule has 0 radical (unpaired) electrons. The Kier molecular flexibility index (Phi) is 3.93. The minimum absolute atomic E-state index is 0.0758. The molecule has 1 atom stereocenters. The Hall–Kier alpha value is -1.79. The quantitative estimate of drug-likeness (QED) is 0.770. The molecule has 1 rings (SSSR count). The van der Waals surface area contributed by atoms with Crippen molar-refractivity contribution in [1.82, 2.24) is 4.98 Å². The van der Waals surface area contributed by atoms with Crippen molar-refractivity contribution < 1.29 is 27.4 Å². The SMILES string of the molecule is COC(=O)c1ccnc(OC(C)C(F)(F)F)c1. The molecule has 7 heteroatoms. The molecule has 0 bridgehead atoms. The van der Waals surface area contributed by atoms with Crippen LogP contribution in [-0.2, 0) is 4.74 Å². The minimum atomic E-state index is -4.48. The maximum absolute atomic E-state index is 12.2. The molecule has 0 aliphatic heterocycles. The van der Waals surface area contributed by atoms with Crippen molar-refractivity contribution in [3.05, 3.63) is 23.9 Å². The number of esters is 1. The van der Waals surface area contributed by atoms with Crippen molar-refractivity contribution in [1.29, 1.82) is 0 Å². The van der Waals surface area contributed by atoms with Crippen molar-refractivity contribution in [3.8, 4) is 5.88 Å². The molecule has 0 saturated carbocycles. The van der Waals surface area contributed by atoms with E-state index in [2.05, 4.69) is 14.5 Å². The molecule has 0 spiro atoms. The predicted molar refractivity (Wildman–Crippen MR) is 51.7 cm³/mol. The number of carbonyl (C=O) groups is 1. The van der Waals surface area contributed by atoms with Gasteiger partial charge >= 0.3 is 12.1 Å². The molecular weight excluding hydrogens is 239 g/mol. The van der Waals surface area contributed by atoms with Crippen LogP contribution >= 0.6 is 0 Å². The molecule has 1 aromatic heterocycles. The van der Waals surface area contributed by atoms with Gasteiger partial charge in [0.25, 0.3) is 0 Å². The van der Waals surface area contributed by atoms with Crippen LogP contribution in [0.5, 0.6) is 5.88 Å². The summed E-state index contributed by atoms with van der Waals surface area (Å²) >= 11 is 0. The number of rotatable bonds is 3. The van der Waals surface area contributed by atoms with E-state index in [1.54, 1.807) is 0 Å². The van der Waals surface area contributed by atoms with E-state index in [9.17, 15) is 18.0 Å².